The van der Waals surface area contributed by atoms with Crippen molar-refractivity contribution in [2.45, 2.75) is 51.0 Å². The van der Waals surface area contributed by atoms with Gasteiger partial charge in [-0.15, -0.1) is 12.3 Å². The molecule has 1 fully saturated rings. The molecule has 0 aliphatic heterocycles. The third-order valence-electron chi connectivity index (χ3n) is 2.84. The first-order valence-corrected chi connectivity index (χ1v) is 5.36. The number of carbonyl (C=O) groups is 1. The Morgan fingerprint density at radius 1 is 1.50 bits per heavy atom. The summed E-state index contributed by atoms with van der Waals surface area (Å²) in [6.07, 6.45) is 10.1. The van der Waals surface area contributed by atoms with Crippen LogP contribution in [0.5, 0.6) is 0 Å². The van der Waals surface area contributed by atoms with E-state index in [4.69, 9.17) is 11.2 Å². The zero-order valence-corrected chi connectivity index (χ0v) is 8.84. The summed E-state index contributed by atoms with van der Waals surface area (Å²) in [6, 6.07) is 0. The number of terminal acetylenes is 1. The Hall–Kier alpha value is -0.810. The number of hydrogen-bond donors (Lipinski definition) is 0. The first kappa shape index (κ1) is 11.3. The fraction of sp³-hybridized carbons (Fsp3) is 0.750. The molecule has 0 aromatic heterocycles. The van der Waals surface area contributed by atoms with Crippen molar-refractivity contribution in [2.75, 3.05) is 6.61 Å². The molecule has 0 amide bonds. The summed E-state index contributed by atoms with van der Waals surface area (Å²) >= 11 is 0. The van der Waals surface area contributed by atoms with E-state index in [-0.39, 0.29) is 5.78 Å². The monoisotopic (exact) mass is 194 g/mol. The van der Waals surface area contributed by atoms with Crippen LogP contribution >= 0.6 is 0 Å². The minimum absolute atomic E-state index is 0.204. The van der Waals surface area contributed by atoms with Crippen LogP contribution in [0.15, 0.2) is 0 Å². The second-order valence-electron chi connectivity index (χ2n) is 3.76. The molecule has 0 heterocycles. The van der Waals surface area contributed by atoms with Crippen molar-refractivity contribution < 1.29 is 9.53 Å². The second kappa shape index (κ2) is 5.17. The van der Waals surface area contributed by atoms with E-state index in [0.29, 0.717) is 19.4 Å². The van der Waals surface area contributed by atoms with Crippen molar-refractivity contribution in [3.63, 3.8) is 0 Å². The number of Topliss-reactive ketones (excluding diaryl/α,β-unsaturated/α-hetero) is 1. The average molecular weight is 194 g/mol. The van der Waals surface area contributed by atoms with E-state index in [1.807, 2.05) is 6.92 Å². The quantitative estimate of drug-likeness (QED) is 0.628. The highest BCUT2D eigenvalue weighted by molar-refractivity contribution is 5.87. The third kappa shape index (κ3) is 2.36. The number of carbonyl (C=O) groups excluding carboxylic acids is 1. The molecule has 14 heavy (non-hydrogen) atoms. The minimum Gasteiger partial charge on any atom is -0.368 e. The smallest absolute Gasteiger partial charge is 0.165 e. The predicted molar refractivity (Wildman–Crippen MR) is 55.9 cm³/mol. The highest BCUT2D eigenvalue weighted by Crippen LogP contribution is 2.35. The molecule has 2 nitrogen and oxygen atoms in total. The average Bonchev–Trinajstić information content (AvgIpc) is 2.64. The van der Waals surface area contributed by atoms with Gasteiger partial charge in [0.1, 0.15) is 5.60 Å². The predicted octanol–water partition coefficient (Wildman–Crippen LogP) is 2.32. The van der Waals surface area contributed by atoms with Crippen molar-refractivity contribution in [2.24, 2.45) is 0 Å². The molecule has 1 aliphatic carbocycles. The van der Waals surface area contributed by atoms with Gasteiger partial charge in [-0.3, -0.25) is 4.79 Å². The molecule has 0 atom stereocenters. The Kier molecular flexibility index (Phi) is 4.16. The van der Waals surface area contributed by atoms with E-state index >= 15 is 0 Å². The van der Waals surface area contributed by atoms with Gasteiger partial charge in [-0.05, 0) is 32.6 Å². The molecular formula is C12H18O2. The normalized spacial score (nSPS) is 19.1. The van der Waals surface area contributed by atoms with E-state index in [2.05, 4.69) is 5.92 Å². The van der Waals surface area contributed by atoms with E-state index in [1.54, 1.807) is 0 Å². The zero-order chi connectivity index (χ0) is 10.4. The molecule has 0 N–H and O–H groups in total. The van der Waals surface area contributed by atoms with Gasteiger partial charge in [-0.25, -0.2) is 0 Å². The number of hydrogen-bond acceptors (Lipinski definition) is 2. The Labute approximate surface area is 86.0 Å². The van der Waals surface area contributed by atoms with E-state index < -0.39 is 5.60 Å². The van der Waals surface area contributed by atoms with Gasteiger partial charge in [0.2, 0.25) is 0 Å². The highest BCUT2D eigenvalue weighted by Gasteiger charge is 2.40. The fourth-order valence-corrected chi connectivity index (χ4v) is 2.14. The fourth-order valence-electron chi connectivity index (χ4n) is 2.14. The van der Waals surface area contributed by atoms with Crippen LogP contribution in [0, 0.1) is 12.3 Å². The molecule has 1 saturated carbocycles. The van der Waals surface area contributed by atoms with Gasteiger partial charge < -0.3 is 4.74 Å². The van der Waals surface area contributed by atoms with Crippen molar-refractivity contribution in [1.82, 2.24) is 0 Å². The Balaban J connectivity index is 2.58. The lowest BCUT2D eigenvalue weighted by molar-refractivity contribution is -0.143. The molecule has 0 bridgehead atoms. The van der Waals surface area contributed by atoms with Crippen molar-refractivity contribution >= 4 is 5.78 Å². The maximum atomic E-state index is 11.9. The van der Waals surface area contributed by atoms with Crippen LogP contribution in [0.2, 0.25) is 0 Å². The van der Waals surface area contributed by atoms with Crippen LogP contribution in [0.4, 0.5) is 0 Å². The number of rotatable bonds is 5. The van der Waals surface area contributed by atoms with Crippen LogP contribution in [0.25, 0.3) is 0 Å². The summed E-state index contributed by atoms with van der Waals surface area (Å²) in [5.74, 6) is 2.71. The summed E-state index contributed by atoms with van der Waals surface area (Å²) in [7, 11) is 0. The maximum absolute atomic E-state index is 11.9. The molecule has 78 valence electrons. The molecule has 0 radical (unpaired) electrons. The van der Waals surface area contributed by atoms with Gasteiger partial charge in [0.15, 0.2) is 5.78 Å². The molecule has 0 aromatic rings. The summed E-state index contributed by atoms with van der Waals surface area (Å²) < 4.78 is 5.63. The zero-order valence-electron chi connectivity index (χ0n) is 8.84. The van der Waals surface area contributed by atoms with Crippen LogP contribution < -0.4 is 0 Å². The summed E-state index contributed by atoms with van der Waals surface area (Å²) in [4.78, 5) is 11.9. The SMILES string of the molecule is C#CCCC(=O)C1(OCC)CCCC1. The van der Waals surface area contributed by atoms with Gasteiger partial charge in [0, 0.05) is 19.4 Å². The van der Waals surface area contributed by atoms with Crippen LogP contribution in [0.3, 0.4) is 0 Å². The first-order chi connectivity index (χ1) is 6.75. The van der Waals surface area contributed by atoms with Crippen LogP contribution in [0.1, 0.15) is 45.4 Å². The van der Waals surface area contributed by atoms with Crippen molar-refractivity contribution in [3.05, 3.63) is 0 Å². The van der Waals surface area contributed by atoms with E-state index in [0.717, 1.165) is 25.7 Å². The summed E-state index contributed by atoms with van der Waals surface area (Å²) in [5.41, 5.74) is -0.481. The van der Waals surface area contributed by atoms with Crippen molar-refractivity contribution in [1.29, 1.82) is 0 Å². The highest BCUT2D eigenvalue weighted by atomic mass is 16.5. The first-order valence-electron chi connectivity index (χ1n) is 5.36. The maximum Gasteiger partial charge on any atom is 0.165 e. The lowest BCUT2D eigenvalue weighted by Crippen LogP contribution is -2.38. The molecule has 1 rings (SSSR count). The van der Waals surface area contributed by atoms with Crippen molar-refractivity contribution in [3.8, 4) is 12.3 Å². The largest absolute Gasteiger partial charge is 0.368 e. The molecule has 0 saturated heterocycles. The number of ketones is 1. The van der Waals surface area contributed by atoms with Crippen LogP contribution in [-0.4, -0.2) is 18.0 Å². The van der Waals surface area contributed by atoms with Gasteiger partial charge in [0.05, 0.1) is 0 Å². The Morgan fingerprint density at radius 3 is 2.64 bits per heavy atom. The molecule has 1 aliphatic rings. The van der Waals surface area contributed by atoms with Gasteiger partial charge in [0.25, 0.3) is 0 Å². The van der Waals surface area contributed by atoms with Gasteiger partial charge >= 0.3 is 0 Å². The lowest BCUT2D eigenvalue weighted by Gasteiger charge is -2.26. The molecule has 0 aromatic carbocycles. The van der Waals surface area contributed by atoms with Gasteiger partial charge in [-0.2, -0.15) is 0 Å². The minimum atomic E-state index is -0.481. The lowest BCUT2D eigenvalue weighted by atomic mass is 9.93. The Morgan fingerprint density at radius 2 is 2.14 bits per heavy atom. The topological polar surface area (TPSA) is 26.3 Å². The van der Waals surface area contributed by atoms with Gasteiger partial charge in [-0.1, -0.05) is 0 Å². The van der Waals surface area contributed by atoms with E-state index in [9.17, 15) is 4.79 Å². The van der Waals surface area contributed by atoms with E-state index in [1.165, 1.54) is 0 Å². The summed E-state index contributed by atoms with van der Waals surface area (Å²) in [5, 5.41) is 0. The molecule has 0 unspecified atom stereocenters. The summed E-state index contributed by atoms with van der Waals surface area (Å²) in [6.45, 7) is 2.55. The molecular weight excluding hydrogens is 176 g/mol. The third-order valence-corrected chi connectivity index (χ3v) is 2.84. The second-order valence-corrected chi connectivity index (χ2v) is 3.76. The standard InChI is InChI=1S/C12H18O2/c1-3-5-8-11(13)12(14-4-2)9-6-7-10-12/h1H,4-10H2,2H3. The Bertz CT molecular complexity index is 231. The van der Waals surface area contributed by atoms with Crippen LogP contribution in [-0.2, 0) is 9.53 Å². The molecule has 0 spiro atoms. The molecule has 2 heteroatoms. The number of ether oxygens (including phenoxy) is 1.